The van der Waals surface area contributed by atoms with Crippen LogP contribution in [0, 0.1) is 11.6 Å². The molecule has 2 rings (SSSR count). The molecule has 0 fully saturated rings. The van der Waals surface area contributed by atoms with Crippen LogP contribution in [0.25, 0.3) is 6.08 Å². The topological polar surface area (TPSA) is 26.3 Å². The predicted molar refractivity (Wildman–Crippen MR) is 71.6 cm³/mol. The van der Waals surface area contributed by atoms with E-state index in [0.29, 0.717) is 0 Å². The SMILES string of the molecule is O=C(C=Cc1cc(F)ccc1F)OCc1ccccc1. The van der Waals surface area contributed by atoms with E-state index in [0.717, 1.165) is 29.8 Å². The molecule has 0 saturated carbocycles. The summed E-state index contributed by atoms with van der Waals surface area (Å²) in [5.74, 6) is -1.78. The Bertz CT molecular complexity index is 622. The fourth-order valence-electron chi connectivity index (χ4n) is 1.58. The Labute approximate surface area is 115 Å². The van der Waals surface area contributed by atoms with Gasteiger partial charge in [-0.25, -0.2) is 13.6 Å². The summed E-state index contributed by atoms with van der Waals surface area (Å²) in [6, 6.07) is 12.2. The summed E-state index contributed by atoms with van der Waals surface area (Å²) in [7, 11) is 0. The van der Waals surface area contributed by atoms with Crippen LogP contribution in [0.5, 0.6) is 0 Å². The fraction of sp³-hybridized carbons (Fsp3) is 0.0625. The molecule has 4 heteroatoms. The molecule has 0 saturated heterocycles. The Morgan fingerprint density at radius 1 is 1.10 bits per heavy atom. The maximum absolute atomic E-state index is 13.3. The van der Waals surface area contributed by atoms with Crippen molar-refractivity contribution in [2.75, 3.05) is 0 Å². The van der Waals surface area contributed by atoms with Gasteiger partial charge < -0.3 is 4.74 Å². The van der Waals surface area contributed by atoms with Crippen molar-refractivity contribution in [1.29, 1.82) is 0 Å². The number of esters is 1. The van der Waals surface area contributed by atoms with Gasteiger partial charge in [-0.15, -0.1) is 0 Å². The standard InChI is InChI=1S/C16H12F2O2/c17-14-7-8-15(18)13(10-14)6-9-16(19)20-11-12-4-2-1-3-5-12/h1-10H,11H2. The van der Waals surface area contributed by atoms with Crippen LogP contribution in [0.3, 0.4) is 0 Å². The van der Waals surface area contributed by atoms with Crippen molar-refractivity contribution in [2.45, 2.75) is 6.61 Å². The molecular formula is C16H12F2O2. The van der Waals surface area contributed by atoms with Gasteiger partial charge in [0.2, 0.25) is 0 Å². The highest BCUT2D eigenvalue weighted by atomic mass is 19.1. The minimum absolute atomic E-state index is 0.00154. The van der Waals surface area contributed by atoms with E-state index < -0.39 is 17.6 Å². The van der Waals surface area contributed by atoms with Gasteiger partial charge in [0.05, 0.1) is 0 Å². The summed E-state index contributed by atoms with van der Waals surface area (Å²) in [6.45, 7) is 0.135. The van der Waals surface area contributed by atoms with Crippen LogP contribution in [-0.2, 0) is 16.1 Å². The second kappa shape index (κ2) is 6.61. The molecule has 0 spiro atoms. The number of halogens is 2. The summed E-state index contributed by atoms with van der Waals surface area (Å²) in [6.07, 6.45) is 2.26. The van der Waals surface area contributed by atoms with Crippen molar-refractivity contribution in [1.82, 2.24) is 0 Å². The van der Waals surface area contributed by atoms with Crippen LogP contribution in [0.15, 0.2) is 54.6 Å². The predicted octanol–water partition coefficient (Wildman–Crippen LogP) is 3.72. The number of hydrogen-bond donors (Lipinski definition) is 0. The molecule has 2 aromatic rings. The number of hydrogen-bond acceptors (Lipinski definition) is 2. The van der Waals surface area contributed by atoms with E-state index in [1.807, 2.05) is 30.3 Å². The Kier molecular flexibility index (Phi) is 4.60. The van der Waals surface area contributed by atoms with E-state index >= 15 is 0 Å². The van der Waals surface area contributed by atoms with Gasteiger partial charge in [-0.05, 0) is 29.8 Å². The minimum Gasteiger partial charge on any atom is -0.458 e. The maximum Gasteiger partial charge on any atom is 0.331 e. The molecule has 0 heterocycles. The molecule has 0 atom stereocenters. The number of rotatable bonds is 4. The van der Waals surface area contributed by atoms with Crippen LogP contribution in [0.2, 0.25) is 0 Å². The van der Waals surface area contributed by atoms with Crippen LogP contribution >= 0.6 is 0 Å². The second-order valence-corrected chi connectivity index (χ2v) is 4.09. The first-order chi connectivity index (χ1) is 9.65. The van der Waals surface area contributed by atoms with E-state index in [9.17, 15) is 13.6 Å². The van der Waals surface area contributed by atoms with E-state index in [1.54, 1.807) is 0 Å². The number of carbonyl (C=O) groups is 1. The van der Waals surface area contributed by atoms with Crippen molar-refractivity contribution in [3.05, 3.63) is 77.4 Å². The lowest BCUT2D eigenvalue weighted by Gasteiger charge is -2.01. The molecule has 0 radical (unpaired) electrons. The molecule has 2 nitrogen and oxygen atoms in total. The van der Waals surface area contributed by atoms with Gasteiger partial charge in [-0.3, -0.25) is 0 Å². The molecule has 0 unspecified atom stereocenters. The minimum atomic E-state index is -0.613. The third-order valence-electron chi connectivity index (χ3n) is 2.58. The zero-order valence-electron chi connectivity index (χ0n) is 10.6. The van der Waals surface area contributed by atoms with Crippen molar-refractivity contribution < 1.29 is 18.3 Å². The Hall–Kier alpha value is -2.49. The first kappa shape index (κ1) is 13.9. The average Bonchev–Trinajstić information content (AvgIpc) is 2.47. The van der Waals surface area contributed by atoms with Crippen molar-refractivity contribution in [2.24, 2.45) is 0 Å². The highest BCUT2D eigenvalue weighted by Gasteiger charge is 2.02. The molecule has 2 aromatic carbocycles. The Morgan fingerprint density at radius 3 is 2.60 bits per heavy atom. The van der Waals surface area contributed by atoms with Gasteiger partial charge in [0, 0.05) is 11.6 Å². The van der Waals surface area contributed by atoms with Gasteiger partial charge in [0.1, 0.15) is 18.2 Å². The van der Waals surface area contributed by atoms with Crippen molar-refractivity contribution >= 4 is 12.0 Å². The lowest BCUT2D eigenvalue weighted by molar-refractivity contribution is -0.138. The smallest absolute Gasteiger partial charge is 0.331 e. The molecule has 0 aliphatic heterocycles. The first-order valence-corrected chi connectivity index (χ1v) is 5.99. The molecule has 0 bridgehead atoms. The fourth-order valence-corrected chi connectivity index (χ4v) is 1.58. The van der Waals surface area contributed by atoms with Gasteiger partial charge in [0.25, 0.3) is 0 Å². The molecule has 0 N–H and O–H groups in total. The lowest BCUT2D eigenvalue weighted by Crippen LogP contribution is -2.00. The lowest BCUT2D eigenvalue weighted by atomic mass is 10.2. The second-order valence-electron chi connectivity index (χ2n) is 4.09. The zero-order chi connectivity index (χ0) is 14.4. The monoisotopic (exact) mass is 274 g/mol. The van der Waals surface area contributed by atoms with Crippen LogP contribution in [-0.4, -0.2) is 5.97 Å². The van der Waals surface area contributed by atoms with Crippen LogP contribution in [0.4, 0.5) is 8.78 Å². The van der Waals surface area contributed by atoms with Crippen molar-refractivity contribution in [3.8, 4) is 0 Å². The van der Waals surface area contributed by atoms with Gasteiger partial charge in [-0.1, -0.05) is 30.3 Å². The molecule has 0 aliphatic rings. The van der Waals surface area contributed by atoms with Crippen molar-refractivity contribution in [3.63, 3.8) is 0 Å². The molecular weight excluding hydrogens is 262 g/mol. The van der Waals surface area contributed by atoms with E-state index in [1.165, 1.54) is 6.08 Å². The summed E-state index contributed by atoms with van der Waals surface area (Å²) in [5, 5.41) is 0. The largest absolute Gasteiger partial charge is 0.458 e. The Morgan fingerprint density at radius 2 is 1.85 bits per heavy atom. The highest BCUT2D eigenvalue weighted by Crippen LogP contribution is 2.11. The summed E-state index contributed by atoms with van der Waals surface area (Å²) in [4.78, 5) is 11.5. The number of benzene rings is 2. The number of carbonyl (C=O) groups excluding carboxylic acids is 1. The van der Waals surface area contributed by atoms with E-state index in [4.69, 9.17) is 4.74 Å². The van der Waals surface area contributed by atoms with Crippen LogP contribution < -0.4 is 0 Å². The first-order valence-electron chi connectivity index (χ1n) is 5.99. The van der Waals surface area contributed by atoms with Gasteiger partial charge in [-0.2, -0.15) is 0 Å². The van der Waals surface area contributed by atoms with E-state index in [-0.39, 0.29) is 12.2 Å². The van der Waals surface area contributed by atoms with Gasteiger partial charge >= 0.3 is 5.97 Å². The summed E-state index contributed by atoms with van der Waals surface area (Å²) < 4.78 is 31.2. The highest BCUT2D eigenvalue weighted by molar-refractivity contribution is 5.87. The van der Waals surface area contributed by atoms with E-state index in [2.05, 4.69) is 0 Å². The van der Waals surface area contributed by atoms with Gasteiger partial charge in [0.15, 0.2) is 0 Å². The average molecular weight is 274 g/mol. The zero-order valence-corrected chi connectivity index (χ0v) is 10.6. The van der Waals surface area contributed by atoms with Crippen LogP contribution in [0.1, 0.15) is 11.1 Å². The normalized spacial score (nSPS) is 10.7. The third-order valence-corrected chi connectivity index (χ3v) is 2.58. The molecule has 0 aliphatic carbocycles. The summed E-state index contributed by atoms with van der Waals surface area (Å²) in [5.41, 5.74) is 0.854. The quantitative estimate of drug-likeness (QED) is 0.627. The third kappa shape index (κ3) is 4.02. The molecule has 0 amide bonds. The molecule has 102 valence electrons. The number of ether oxygens (including phenoxy) is 1. The summed E-state index contributed by atoms with van der Waals surface area (Å²) >= 11 is 0. The Balaban J connectivity index is 1.94. The maximum atomic E-state index is 13.3. The molecule has 20 heavy (non-hydrogen) atoms. The molecule has 0 aromatic heterocycles.